The lowest BCUT2D eigenvalue weighted by Crippen LogP contribution is -1.99. The molecule has 0 saturated heterocycles. The first-order valence-corrected chi connectivity index (χ1v) is 4.99. The van der Waals surface area contributed by atoms with Gasteiger partial charge in [0.2, 0.25) is 0 Å². The molecule has 82 valence electrons. The molecule has 1 aromatic heterocycles. The number of hydrogen-bond donors (Lipinski definition) is 2. The molecular formula is C12H11NO3. The van der Waals surface area contributed by atoms with Gasteiger partial charge >= 0.3 is 5.97 Å². The molecule has 4 heteroatoms. The number of para-hydroxylation sites is 1. The summed E-state index contributed by atoms with van der Waals surface area (Å²) in [7, 11) is 0. The van der Waals surface area contributed by atoms with E-state index in [-0.39, 0.29) is 6.42 Å². The number of aryl methyl sites for hydroxylation is 1. The van der Waals surface area contributed by atoms with Crippen molar-refractivity contribution < 1.29 is 14.7 Å². The fourth-order valence-electron chi connectivity index (χ4n) is 1.82. The zero-order valence-corrected chi connectivity index (χ0v) is 8.56. The molecule has 2 rings (SSSR count). The lowest BCUT2D eigenvalue weighted by molar-refractivity contribution is -0.136. The maximum absolute atomic E-state index is 10.9. The number of H-pyrrole nitrogens is 1. The molecule has 0 atom stereocenters. The van der Waals surface area contributed by atoms with Gasteiger partial charge in [0.05, 0.1) is 5.69 Å². The second kappa shape index (κ2) is 4.18. The molecule has 1 heterocycles. The van der Waals surface area contributed by atoms with Gasteiger partial charge in [-0.1, -0.05) is 18.2 Å². The number of carbonyl (C=O) groups is 2. The van der Waals surface area contributed by atoms with E-state index in [0.717, 1.165) is 22.8 Å². The van der Waals surface area contributed by atoms with Crippen LogP contribution in [0.15, 0.2) is 24.3 Å². The molecule has 0 amide bonds. The second-order valence-corrected chi connectivity index (χ2v) is 3.57. The van der Waals surface area contributed by atoms with Crippen LogP contribution >= 0.6 is 0 Å². The van der Waals surface area contributed by atoms with Crippen LogP contribution in [0.25, 0.3) is 10.9 Å². The van der Waals surface area contributed by atoms with Gasteiger partial charge in [-0.3, -0.25) is 9.59 Å². The van der Waals surface area contributed by atoms with Crippen molar-refractivity contribution in [2.45, 2.75) is 12.8 Å². The highest BCUT2D eigenvalue weighted by molar-refractivity contribution is 5.92. The zero-order chi connectivity index (χ0) is 11.5. The van der Waals surface area contributed by atoms with Gasteiger partial charge in [-0.2, -0.15) is 0 Å². The van der Waals surface area contributed by atoms with Crippen LogP contribution in [-0.2, 0) is 11.2 Å². The first kappa shape index (κ1) is 10.4. The Morgan fingerprint density at radius 3 is 2.81 bits per heavy atom. The number of carboxylic acids is 1. The van der Waals surface area contributed by atoms with Crippen LogP contribution in [0.4, 0.5) is 0 Å². The number of nitrogens with one attached hydrogen (secondary N) is 1. The summed E-state index contributed by atoms with van der Waals surface area (Å²) in [6, 6.07) is 7.49. The summed E-state index contributed by atoms with van der Waals surface area (Å²) in [4.78, 5) is 24.4. The summed E-state index contributed by atoms with van der Waals surface area (Å²) in [5, 5.41) is 9.57. The van der Waals surface area contributed by atoms with Gasteiger partial charge in [-0.05, 0) is 18.1 Å². The molecule has 0 saturated carbocycles. The number of hydrogen-bond acceptors (Lipinski definition) is 2. The van der Waals surface area contributed by atoms with Crippen LogP contribution in [0.2, 0.25) is 0 Å². The van der Waals surface area contributed by atoms with Crippen molar-refractivity contribution in [2.75, 3.05) is 0 Å². The Kier molecular flexibility index (Phi) is 2.72. The number of fused-ring (bicyclic) bond motifs is 1. The van der Waals surface area contributed by atoms with Crippen molar-refractivity contribution in [1.29, 1.82) is 0 Å². The minimum absolute atomic E-state index is 0.0304. The van der Waals surface area contributed by atoms with Crippen LogP contribution < -0.4 is 0 Å². The van der Waals surface area contributed by atoms with Crippen molar-refractivity contribution >= 4 is 23.2 Å². The number of aldehydes is 1. The topological polar surface area (TPSA) is 70.2 Å². The Balaban J connectivity index is 2.47. The lowest BCUT2D eigenvalue weighted by Gasteiger charge is -1.97. The van der Waals surface area contributed by atoms with Gasteiger partial charge in [0.25, 0.3) is 0 Å². The third-order valence-electron chi connectivity index (χ3n) is 2.55. The van der Waals surface area contributed by atoms with Crippen molar-refractivity contribution in [3.05, 3.63) is 35.5 Å². The Morgan fingerprint density at radius 1 is 1.38 bits per heavy atom. The Hall–Kier alpha value is -2.10. The molecule has 0 unspecified atom stereocenters. The summed E-state index contributed by atoms with van der Waals surface area (Å²) >= 11 is 0. The summed E-state index contributed by atoms with van der Waals surface area (Å²) in [5.74, 6) is -0.859. The molecule has 0 fully saturated rings. The molecule has 2 N–H and O–H groups in total. The van der Waals surface area contributed by atoms with Crippen molar-refractivity contribution in [1.82, 2.24) is 4.98 Å². The minimum Gasteiger partial charge on any atom is -0.481 e. The van der Waals surface area contributed by atoms with Crippen LogP contribution in [0.5, 0.6) is 0 Å². The molecule has 0 radical (unpaired) electrons. The average Bonchev–Trinajstić information content (AvgIpc) is 2.64. The quantitative estimate of drug-likeness (QED) is 0.769. The number of carboxylic acid groups (broad SMARTS) is 1. The standard InChI is InChI=1S/C12H11NO3/c14-7-11-9(5-6-12(15)16)8-3-1-2-4-10(8)13-11/h1-4,7,13H,5-6H2,(H,15,16). The first-order chi connectivity index (χ1) is 7.72. The van der Waals surface area contributed by atoms with Gasteiger partial charge in [0, 0.05) is 17.3 Å². The van der Waals surface area contributed by atoms with Gasteiger partial charge in [-0.25, -0.2) is 0 Å². The number of aliphatic carboxylic acids is 1. The molecular weight excluding hydrogens is 206 g/mol. The highest BCUT2D eigenvalue weighted by atomic mass is 16.4. The molecule has 0 aliphatic heterocycles. The molecule has 0 bridgehead atoms. The largest absolute Gasteiger partial charge is 0.481 e. The molecule has 4 nitrogen and oxygen atoms in total. The van der Waals surface area contributed by atoms with Gasteiger partial charge in [0.1, 0.15) is 0 Å². The fraction of sp³-hybridized carbons (Fsp3) is 0.167. The lowest BCUT2D eigenvalue weighted by atomic mass is 10.1. The molecule has 1 aromatic carbocycles. The summed E-state index contributed by atoms with van der Waals surface area (Å²) in [6.45, 7) is 0. The molecule has 16 heavy (non-hydrogen) atoms. The van der Waals surface area contributed by atoms with Crippen LogP contribution in [0.3, 0.4) is 0 Å². The summed E-state index contributed by atoms with van der Waals surface area (Å²) in [5.41, 5.74) is 2.13. The smallest absolute Gasteiger partial charge is 0.303 e. The Morgan fingerprint density at radius 2 is 2.12 bits per heavy atom. The molecule has 0 aliphatic carbocycles. The van der Waals surface area contributed by atoms with Gasteiger partial charge < -0.3 is 10.1 Å². The molecule has 0 spiro atoms. The Labute approximate surface area is 91.9 Å². The van der Waals surface area contributed by atoms with Crippen molar-refractivity contribution in [2.24, 2.45) is 0 Å². The first-order valence-electron chi connectivity index (χ1n) is 4.99. The number of benzene rings is 1. The zero-order valence-electron chi connectivity index (χ0n) is 8.56. The normalized spacial score (nSPS) is 10.5. The minimum atomic E-state index is -0.859. The van der Waals surface area contributed by atoms with Gasteiger partial charge in [0.15, 0.2) is 6.29 Å². The highest BCUT2D eigenvalue weighted by Gasteiger charge is 2.11. The van der Waals surface area contributed by atoms with E-state index in [9.17, 15) is 9.59 Å². The van der Waals surface area contributed by atoms with E-state index in [4.69, 9.17) is 5.11 Å². The van der Waals surface area contributed by atoms with E-state index in [1.165, 1.54) is 0 Å². The average molecular weight is 217 g/mol. The Bertz CT molecular complexity index is 542. The predicted molar refractivity (Wildman–Crippen MR) is 59.6 cm³/mol. The highest BCUT2D eigenvalue weighted by Crippen LogP contribution is 2.22. The number of rotatable bonds is 4. The van der Waals surface area contributed by atoms with E-state index in [1.807, 2.05) is 24.3 Å². The van der Waals surface area contributed by atoms with Gasteiger partial charge in [-0.15, -0.1) is 0 Å². The fourth-order valence-corrected chi connectivity index (χ4v) is 1.82. The van der Waals surface area contributed by atoms with Crippen molar-refractivity contribution in [3.63, 3.8) is 0 Å². The maximum atomic E-state index is 10.9. The monoisotopic (exact) mass is 217 g/mol. The maximum Gasteiger partial charge on any atom is 0.303 e. The van der Waals surface area contributed by atoms with E-state index in [1.54, 1.807) is 0 Å². The SMILES string of the molecule is O=Cc1[nH]c2ccccc2c1CCC(=O)O. The van der Waals surface area contributed by atoms with Crippen LogP contribution in [0.1, 0.15) is 22.5 Å². The van der Waals surface area contributed by atoms with E-state index in [0.29, 0.717) is 12.1 Å². The van der Waals surface area contributed by atoms with E-state index in [2.05, 4.69) is 4.98 Å². The van der Waals surface area contributed by atoms with E-state index >= 15 is 0 Å². The predicted octanol–water partition coefficient (Wildman–Crippen LogP) is 2.00. The summed E-state index contributed by atoms with van der Waals surface area (Å²) in [6.07, 6.45) is 1.13. The summed E-state index contributed by atoms with van der Waals surface area (Å²) < 4.78 is 0. The second-order valence-electron chi connectivity index (χ2n) is 3.57. The molecule has 0 aliphatic rings. The third-order valence-corrected chi connectivity index (χ3v) is 2.55. The van der Waals surface area contributed by atoms with Crippen LogP contribution in [-0.4, -0.2) is 22.3 Å². The number of aromatic amines is 1. The number of aromatic nitrogens is 1. The van der Waals surface area contributed by atoms with Crippen molar-refractivity contribution in [3.8, 4) is 0 Å². The number of carbonyl (C=O) groups excluding carboxylic acids is 1. The molecule has 2 aromatic rings. The van der Waals surface area contributed by atoms with Crippen LogP contribution in [0, 0.1) is 0 Å². The third kappa shape index (κ3) is 1.82. The van der Waals surface area contributed by atoms with E-state index < -0.39 is 5.97 Å².